The lowest BCUT2D eigenvalue weighted by molar-refractivity contribution is -0.141. The quantitative estimate of drug-likeness (QED) is 0.203. The number of halogens is 1. The number of nitrogens with two attached hydrogens (primary N) is 1. The Labute approximate surface area is 237 Å². The van der Waals surface area contributed by atoms with Crippen LogP contribution in [0.1, 0.15) is 35.1 Å². The molecule has 0 aliphatic carbocycles. The summed E-state index contributed by atoms with van der Waals surface area (Å²) in [6.07, 6.45) is -1.07. The number of para-hydroxylation sites is 1. The van der Waals surface area contributed by atoms with E-state index >= 15 is 0 Å². The first-order valence-corrected chi connectivity index (χ1v) is 12.9. The minimum atomic E-state index is -1.07. The maximum Gasteiger partial charge on any atom is 0.352 e. The molecule has 2 unspecified atom stereocenters. The zero-order valence-corrected chi connectivity index (χ0v) is 22.5. The molecular formula is C33H27FN2O5. The van der Waals surface area contributed by atoms with Gasteiger partial charge in [0.1, 0.15) is 35.5 Å². The summed E-state index contributed by atoms with van der Waals surface area (Å²) in [7, 11) is 0. The van der Waals surface area contributed by atoms with Crippen LogP contribution in [0.3, 0.4) is 0 Å². The van der Waals surface area contributed by atoms with Gasteiger partial charge < -0.3 is 24.7 Å². The molecule has 206 valence electrons. The van der Waals surface area contributed by atoms with Crippen molar-refractivity contribution in [2.45, 2.75) is 32.5 Å². The monoisotopic (exact) mass is 550 g/mol. The van der Waals surface area contributed by atoms with E-state index in [-0.39, 0.29) is 23.0 Å². The topological polar surface area (TPSA) is 104 Å². The van der Waals surface area contributed by atoms with E-state index in [1.54, 1.807) is 18.2 Å². The maximum atomic E-state index is 13.9. The molecule has 0 aromatic heterocycles. The average molecular weight is 551 g/mol. The van der Waals surface area contributed by atoms with Gasteiger partial charge in [0.15, 0.2) is 17.7 Å². The number of ether oxygens (including phenoxy) is 4. The summed E-state index contributed by atoms with van der Waals surface area (Å²) < 4.78 is 36.5. The molecule has 2 atom stereocenters. The predicted octanol–water partition coefficient (Wildman–Crippen LogP) is 6.30. The van der Waals surface area contributed by atoms with Crippen LogP contribution >= 0.6 is 0 Å². The Morgan fingerprint density at radius 3 is 2.44 bits per heavy atom. The van der Waals surface area contributed by atoms with Crippen molar-refractivity contribution >= 4 is 5.97 Å². The molecule has 0 fully saturated rings. The van der Waals surface area contributed by atoms with E-state index in [1.165, 1.54) is 36.8 Å². The summed E-state index contributed by atoms with van der Waals surface area (Å²) in [6, 6.07) is 28.4. The second-order valence-corrected chi connectivity index (χ2v) is 9.58. The number of nitrogens with zero attached hydrogens (tertiary/aromatic N) is 1. The Morgan fingerprint density at radius 1 is 1.02 bits per heavy atom. The number of carbonyl (C=O) groups is 1. The van der Waals surface area contributed by atoms with Gasteiger partial charge in [0.25, 0.3) is 0 Å². The van der Waals surface area contributed by atoms with E-state index in [1.807, 2.05) is 55.5 Å². The van der Waals surface area contributed by atoms with Crippen LogP contribution < -0.4 is 24.7 Å². The number of allylic oxidation sites excluding steroid dienone is 1. The number of benzene rings is 4. The van der Waals surface area contributed by atoms with E-state index in [0.717, 1.165) is 11.1 Å². The zero-order chi connectivity index (χ0) is 28.9. The summed E-state index contributed by atoms with van der Waals surface area (Å²) in [6.45, 7) is 3.93. The molecule has 5 rings (SSSR count). The average Bonchev–Trinajstić information content (AvgIpc) is 2.97. The number of esters is 1. The molecule has 0 spiro atoms. The smallest absolute Gasteiger partial charge is 0.352 e. The van der Waals surface area contributed by atoms with Crippen LogP contribution in [0.15, 0.2) is 102 Å². The lowest BCUT2D eigenvalue weighted by Crippen LogP contribution is -2.29. The highest BCUT2D eigenvalue weighted by Crippen LogP contribution is 2.43. The van der Waals surface area contributed by atoms with Crippen LogP contribution in [0, 0.1) is 24.1 Å². The molecule has 41 heavy (non-hydrogen) atoms. The summed E-state index contributed by atoms with van der Waals surface area (Å²) in [5.74, 6) is -0.672. The van der Waals surface area contributed by atoms with E-state index < -0.39 is 23.8 Å². The Bertz CT molecular complexity index is 1640. The third-order valence-electron chi connectivity index (χ3n) is 6.62. The minimum absolute atomic E-state index is 0.0376. The molecule has 0 radical (unpaired) electrons. The van der Waals surface area contributed by atoms with Crippen LogP contribution in [-0.2, 0) is 11.4 Å². The Balaban J connectivity index is 1.32. The Hall–Kier alpha value is -5.29. The number of fused-ring (bicyclic) bond motifs is 1. The first kappa shape index (κ1) is 27.3. The van der Waals surface area contributed by atoms with Gasteiger partial charge in [-0.2, -0.15) is 5.26 Å². The number of hydrogen-bond donors (Lipinski definition) is 1. The fourth-order valence-electron chi connectivity index (χ4n) is 4.43. The molecule has 2 N–H and O–H groups in total. The molecule has 1 heterocycles. The van der Waals surface area contributed by atoms with Gasteiger partial charge in [-0.1, -0.05) is 60.2 Å². The normalized spacial score (nSPS) is 14.7. The van der Waals surface area contributed by atoms with Crippen molar-refractivity contribution in [3.05, 3.63) is 131 Å². The summed E-state index contributed by atoms with van der Waals surface area (Å²) >= 11 is 0. The second kappa shape index (κ2) is 11.8. The highest BCUT2D eigenvalue weighted by molar-refractivity contribution is 5.77. The summed E-state index contributed by atoms with van der Waals surface area (Å²) in [5, 5.41) is 9.88. The standard InChI is InChI=1S/C33H27FN2O5/c1-20-7-9-22(10-8-20)19-38-24-13-11-23(12-14-24)31-26-16-15-25(17-30(26)41-32(36)27(31)18-35)40-33(37)21(2)39-29-6-4-3-5-28(29)34/h3-17,21,31H,19,36H2,1-2H3. The fraction of sp³-hybridized carbons (Fsp3) is 0.152. The van der Waals surface area contributed by atoms with E-state index in [2.05, 4.69) is 6.07 Å². The van der Waals surface area contributed by atoms with Crippen molar-refractivity contribution in [2.75, 3.05) is 0 Å². The van der Waals surface area contributed by atoms with Gasteiger partial charge in [-0.15, -0.1) is 0 Å². The van der Waals surface area contributed by atoms with Crippen molar-refractivity contribution in [2.24, 2.45) is 5.73 Å². The minimum Gasteiger partial charge on any atom is -0.489 e. The number of nitriles is 1. The van der Waals surface area contributed by atoms with Gasteiger partial charge in [0.05, 0.1) is 5.92 Å². The van der Waals surface area contributed by atoms with Crippen LogP contribution in [-0.4, -0.2) is 12.1 Å². The molecular weight excluding hydrogens is 523 g/mol. The lowest BCUT2D eigenvalue weighted by Gasteiger charge is -2.27. The SMILES string of the molecule is Cc1ccc(COc2ccc(C3C(C#N)=C(N)Oc4cc(OC(=O)C(C)Oc5ccccc5F)ccc43)cc2)cc1. The molecule has 0 saturated carbocycles. The largest absolute Gasteiger partial charge is 0.489 e. The van der Waals surface area contributed by atoms with E-state index in [9.17, 15) is 14.4 Å². The number of carbonyl (C=O) groups excluding carboxylic acids is 1. The Kier molecular flexibility index (Phi) is 7.88. The fourth-order valence-corrected chi connectivity index (χ4v) is 4.43. The Morgan fingerprint density at radius 2 is 1.73 bits per heavy atom. The number of hydrogen-bond acceptors (Lipinski definition) is 7. The van der Waals surface area contributed by atoms with Gasteiger partial charge in [0.2, 0.25) is 5.88 Å². The molecule has 0 saturated heterocycles. The van der Waals surface area contributed by atoms with Crippen molar-refractivity contribution in [1.82, 2.24) is 0 Å². The van der Waals surface area contributed by atoms with Crippen LogP contribution in [0.5, 0.6) is 23.0 Å². The third kappa shape index (κ3) is 6.15. The third-order valence-corrected chi connectivity index (χ3v) is 6.62. The predicted molar refractivity (Wildman–Crippen MR) is 150 cm³/mol. The van der Waals surface area contributed by atoms with Crippen molar-refractivity contribution in [3.63, 3.8) is 0 Å². The van der Waals surface area contributed by atoms with Crippen molar-refractivity contribution < 1.29 is 28.1 Å². The van der Waals surface area contributed by atoms with Gasteiger partial charge in [-0.25, -0.2) is 9.18 Å². The first-order valence-electron chi connectivity index (χ1n) is 12.9. The summed E-state index contributed by atoms with van der Waals surface area (Å²) in [4.78, 5) is 12.6. The zero-order valence-electron chi connectivity index (χ0n) is 22.5. The van der Waals surface area contributed by atoms with E-state index in [4.69, 9.17) is 24.7 Å². The number of rotatable bonds is 8. The van der Waals surface area contributed by atoms with Crippen LogP contribution in [0.25, 0.3) is 0 Å². The summed E-state index contributed by atoms with van der Waals surface area (Å²) in [5.41, 5.74) is 10.1. The molecule has 7 nitrogen and oxygen atoms in total. The second-order valence-electron chi connectivity index (χ2n) is 9.58. The van der Waals surface area contributed by atoms with Gasteiger partial charge >= 0.3 is 5.97 Å². The molecule has 4 aromatic rings. The van der Waals surface area contributed by atoms with Crippen molar-refractivity contribution in [3.8, 4) is 29.1 Å². The van der Waals surface area contributed by atoms with E-state index in [0.29, 0.717) is 23.7 Å². The molecule has 0 bridgehead atoms. The van der Waals surface area contributed by atoms with Gasteiger partial charge in [-0.05, 0) is 55.3 Å². The molecule has 4 aromatic carbocycles. The molecule has 0 amide bonds. The maximum absolute atomic E-state index is 13.9. The lowest BCUT2D eigenvalue weighted by atomic mass is 9.83. The van der Waals surface area contributed by atoms with Gasteiger partial charge in [0, 0.05) is 11.6 Å². The highest BCUT2D eigenvalue weighted by atomic mass is 19.1. The number of aryl methyl sites for hydroxylation is 1. The molecule has 8 heteroatoms. The first-order chi connectivity index (χ1) is 19.8. The van der Waals surface area contributed by atoms with Crippen molar-refractivity contribution in [1.29, 1.82) is 5.26 Å². The molecule has 1 aliphatic heterocycles. The van der Waals surface area contributed by atoms with Gasteiger partial charge in [-0.3, -0.25) is 0 Å². The van der Waals surface area contributed by atoms with Crippen LogP contribution in [0.2, 0.25) is 0 Å². The van der Waals surface area contributed by atoms with Crippen LogP contribution in [0.4, 0.5) is 4.39 Å². The highest BCUT2D eigenvalue weighted by Gasteiger charge is 2.31. The molecule has 1 aliphatic rings.